The molecule has 18 heavy (non-hydrogen) atoms. The van der Waals surface area contributed by atoms with E-state index in [0.717, 1.165) is 11.2 Å². The summed E-state index contributed by atoms with van der Waals surface area (Å²) in [5.74, 6) is -0.284. The summed E-state index contributed by atoms with van der Waals surface area (Å²) < 4.78 is 14.7. The van der Waals surface area contributed by atoms with Crippen molar-refractivity contribution in [3.8, 4) is 11.3 Å². The molecular weight excluding hydrogens is 231 g/mol. The van der Waals surface area contributed by atoms with E-state index >= 15 is 0 Å². The molecular formula is C14H11FN2O. The first-order valence-electron chi connectivity index (χ1n) is 5.62. The lowest BCUT2D eigenvalue weighted by Crippen LogP contribution is -1.93. The van der Waals surface area contributed by atoms with Crippen molar-refractivity contribution in [1.82, 2.24) is 9.38 Å². The molecule has 1 aromatic carbocycles. The van der Waals surface area contributed by atoms with E-state index in [2.05, 4.69) is 4.98 Å². The van der Waals surface area contributed by atoms with Crippen molar-refractivity contribution in [2.24, 2.45) is 0 Å². The Labute approximate surface area is 103 Å². The molecule has 0 bridgehead atoms. The molecule has 0 fully saturated rings. The van der Waals surface area contributed by atoms with Crippen molar-refractivity contribution < 1.29 is 9.50 Å². The van der Waals surface area contributed by atoms with Crippen LogP contribution in [0.4, 0.5) is 4.39 Å². The highest BCUT2D eigenvalue weighted by molar-refractivity contribution is 5.66. The van der Waals surface area contributed by atoms with Crippen LogP contribution in [-0.4, -0.2) is 14.5 Å². The number of aliphatic hydroxyl groups excluding tert-OH is 1. The van der Waals surface area contributed by atoms with Gasteiger partial charge in [0.25, 0.3) is 0 Å². The molecule has 0 aliphatic heterocycles. The number of hydrogen-bond donors (Lipinski definition) is 1. The summed E-state index contributed by atoms with van der Waals surface area (Å²) in [6.07, 6.45) is 1.85. The number of nitrogens with zero attached hydrogens (tertiary/aromatic N) is 2. The van der Waals surface area contributed by atoms with Crippen molar-refractivity contribution in [3.63, 3.8) is 0 Å². The van der Waals surface area contributed by atoms with Gasteiger partial charge in [-0.15, -0.1) is 0 Å². The Hall–Kier alpha value is -2.20. The van der Waals surface area contributed by atoms with Crippen LogP contribution in [0.5, 0.6) is 0 Å². The second-order valence-corrected chi connectivity index (χ2v) is 4.00. The highest BCUT2D eigenvalue weighted by Crippen LogP contribution is 2.24. The maximum Gasteiger partial charge on any atom is 0.137 e. The third-order valence-electron chi connectivity index (χ3n) is 2.90. The molecule has 4 heteroatoms. The molecule has 2 aromatic heterocycles. The van der Waals surface area contributed by atoms with Gasteiger partial charge < -0.3 is 9.51 Å². The number of aromatic nitrogens is 2. The quantitative estimate of drug-likeness (QED) is 0.750. The van der Waals surface area contributed by atoms with Gasteiger partial charge in [0.15, 0.2) is 0 Å². The van der Waals surface area contributed by atoms with Crippen LogP contribution in [0, 0.1) is 5.82 Å². The first-order chi connectivity index (χ1) is 8.79. The maximum absolute atomic E-state index is 12.9. The monoisotopic (exact) mass is 242 g/mol. The molecule has 90 valence electrons. The topological polar surface area (TPSA) is 37.5 Å². The van der Waals surface area contributed by atoms with E-state index in [-0.39, 0.29) is 12.4 Å². The molecule has 3 aromatic rings. The van der Waals surface area contributed by atoms with Crippen LogP contribution in [0.3, 0.4) is 0 Å². The Bertz CT molecular complexity index is 689. The second kappa shape index (κ2) is 4.23. The van der Waals surface area contributed by atoms with Crippen molar-refractivity contribution >= 4 is 5.65 Å². The first kappa shape index (κ1) is 10.9. The zero-order valence-electron chi connectivity index (χ0n) is 9.55. The number of rotatable bonds is 2. The van der Waals surface area contributed by atoms with Crippen LogP contribution in [0.15, 0.2) is 48.7 Å². The number of aliphatic hydroxyl groups is 1. The van der Waals surface area contributed by atoms with Crippen LogP contribution >= 0.6 is 0 Å². The zero-order chi connectivity index (χ0) is 12.5. The number of imidazole rings is 1. The van der Waals surface area contributed by atoms with Crippen molar-refractivity contribution in [1.29, 1.82) is 0 Å². The van der Waals surface area contributed by atoms with Gasteiger partial charge in [-0.1, -0.05) is 6.07 Å². The van der Waals surface area contributed by atoms with Gasteiger partial charge in [-0.25, -0.2) is 9.37 Å². The van der Waals surface area contributed by atoms with Crippen LogP contribution in [0.2, 0.25) is 0 Å². The molecule has 3 rings (SSSR count). The highest BCUT2D eigenvalue weighted by atomic mass is 19.1. The predicted octanol–water partition coefficient (Wildman–Crippen LogP) is 2.63. The van der Waals surface area contributed by atoms with E-state index in [9.17, 15) is 9.50 Å². The normalized spacial score (nSPS) is 11.0. The smallest absolute Gasteiger partial charge is 0.137 e. The molecule has 0 saturated carbocycles. The van der Waals surface area contributed by atoms with Crippen LogP contribution in [0.1, 0.15) is 5.69 Å². The van der Waals surface area contributed by atoms with E-state index in [1.807, 2.05) is 28.8 Å². The average Bonchev–Trinajstić information content (AvgIpc) is 2.78. The van der Waals surface area contributed by atoms with Gasteiger partial charge in [-0.2, -0.15) is 0 Å². The van der Waals surface area contributed by atoms with Gasteiger partial charge in [0.2, 0.25) is 0 Å². The summed E-state index contributed by atoms with van der Waals surface area (Å²) >= 11 is 0. The standard InChI is InChI=1S/C14H11FN2O/c15-11-6-4-10(5-7-11)14-12(9-18)17-8-2-1-3-13(17)16-14/h1-8,18H,9H2. The molecule has 0 spiro atoms. The van der Waals surface area contributed by atoms with Crippen molar-refractivity contribution in [3.05, 3.63) is 60.2 Å². The molecule has 0 atom stereocenters. The summed E-state index contributed by atoms with van der Waals surface area (Å²) in [6.45, 7) is -0.113. The SMILES string of the molecule is OCc1c(-c2ccc(F)cc2)nc2ccccn12. The van der Waals surface area contributed by atoms with E-state index in [4.69, 9.17) is 0 Å². The fourth-order valence-corrected chi connectivity index (χ4v) is 2.04. The largest absolute Gasteiger partial charge is 0.390 e. The molecule has 0 aliphatic rings. The van der Waals surface area contributed by atoms with Gasteiger partial charge in [-0.05, 0) is 36.4 Å². The molecule has 0 saturated heterocycles. The Morgan fingerprint density at radius 1 is 1.11 bits per heavy atom. The summed E-state index contributed by atoms with van der Waals surface area (Å²) in [5.41, 5.74) is 2.95. The van der Waals surface area contributed by atoms with Gasteiger partial charge >= 0.3 is 0 Å². The minimum Gasteiger partial charge on any atom is -0.390 e. The first-order valence-corrected chi connectivity index (χ1v) is 5.62. The second-order valence-electron chi connectivity index (χ2n) is 4.00. The minimum absolute atomic E-state index is 0.113. The lowest BCUT2D eigenvalue weighted by molar-refractivity contribution is 0.276. The van der Waals surface area contributed by atoms with Gasteiger partial charge in [0.05, 0.1) is 18.0 Å². The van der Waals surface area contributed by atoms with E-state index in [0.29, 0.717) is 11.4 Å². The molecule has 0 aliphatic carbocycles. The zero-order valence-corrected chi connectivity index (χ0v) is 9.55. The van der Waals surface area contributed by atoms with Crippen molar-refractivity contribution in [2.45, 2.75) is 6.61 Å². The fourth-order valence-electron chi connectivity index (χ4n) is 2.04. The Morgan fingerprint density at radius 3 is 2.61 bits per heavy atom. The van der Waals surface area contributed by atoms with Crippen LogP contribution < -0.4 is 0 Å². The Kier molecular flexibility index (Phi) is 2.57. The fraction of sp³-hybridized carbons (Fsp3) is 0.0714. The molecule has 0 amide bonds. The highest BCUT2D eigenvalue weighted by Gasteiger charge is 2.12. The minimum atomic E-state index is -0.284. The molecule has 0 unspecified atom stereocenters. The predicted molar refractivity (Wildman–Crippen MR) is 66.5 cm³/mol. The number of halogens is 1. The van der Waals surface area contributed by atoms with Crippen LogP contribution in [-0.2, 0) is 6.61 Å². The van der Waals surface area contributed by atoms with Crippen LogP contribution in [0.25, 0.3) is 16.9 Å². The third-order valence-corrected chi connectivity index (χ3v) is 2.90. The lowest BCUT2D eigenvalue weighted by atomic mass is 10.1. The van der Waals surface area contributed by atoms with Gasteiger partial charge in [0.1, 0.15) is 11.5 Å². The maximum atomic E-state index is 12.9. The van der Waals surface area contributed by atoms with Gasteiger partial charge in [0, 0.05) is 11.8 Å². The molecule has 1 N–H and O–H groups in total. The van der Waals surface area contributed by atoms with E-state index in [1.165, 1.54) is 12.1 Å². The summed E-state index contributed by atoms with van der Waals surface area (Å²) in [4.78, 5) is 4.46. The summed E-state index contributed by atoms with van der Waals surface area (Å²) in [7, 11) is 0. The molecule has 0 radical (unpaired) electrons. The number of pyridine rings is 1. The average molecular weight is 242 g/mol. The Balaban J connectivity index is 2.25. The number of benzene rings is 1. The van der Waals surface area contributed by atoms with Gasteiger partial charge in [-0.3, -0.25) is 0 Å². The molecule has 2 heterocycles. The summed E-state index contributed by atoms with van der Waals surface area (Å²) in [5, 5.41) is 9.49. The molecule has 3 nitrogen and oxygen atoms in total. The number of hydrogen-bond acceptors (Lipinski definition) is 2. The Morgan fingerprint density at radius 2 is 1.89 bits per heavy atom. The van der Waals surface area contributed by atoms with E-state index in [1.54, 1.807) is 12.1 Å². The third kappa shape index (κ3) is 1.67. The van der Waals surface area contributed by atoms with Crippen molar-refractivity contribution in [2.75, 3.05) is 0 Å². The van der Waals surface area contributed by atoms with E-state index < -0.39 is 0 Å². The summed E-state index contributed by atoms with van der Waals surface area (Å²) in [6, 6.07) is 11.7. The number of fused-ring (bicyclic) bond motifs is 1. The lowest BCUT2D eigenvalue weighted by Gasteiger charge is -2.01.